The van der Waals surface area contributed by atoms with Crippen LogP contribution in [0.15, 0.2) is 78.4 Å². The second kappa shape index (κ2) is 12.7. The van der Waals surface area contributed by atoms with Gasteiger partial charge in [-0.05, 0) is 55.3 Å². The minimum Gasteiger partial charge on any atom is -0.493 e. The zero-order chi connectivity index (χ0) is 24.2. The van der Waals surface area contributed by atoms with Gasteiger partial charge in [0.15, 0.2) is 5.75 Å². The number of carbonyl (C=O) groups is 1. The minimum atomic E-state index is -0.542. The van der Waals surface area contributed by atoms with Gasteiger partial charge < -0.3 is 19.5 Å². The van der Waals surface area contributed by atoms with Crippen LogP contribution in [-0.2, 0) is 4.79 Å². The number of amides is 1. The fourth-order valence-electron chi connectivity index (χ4n) is 3.05. The Labute approximate surface area is 200 Å². The van der Waals surface area contributed by atoms with Crippen LogP contribution in [0.5, 0.6) is 23.0 Å². The molecule has 0 aliphatic carbocycles. The molecule has 6 heteroatoms. The average molecular weight is 457 g/mol. The normalized spacial score (nSPS) is 10.8. The van der Waals surface area contributed by atoms with E-state index in [0.29, 0.717) is 47.5 Å². The van der Waals surface area contributed by atoms with Crippen molar-refractivity contribution in [3.05, 3.63) is 83.9 Å². The average Bonchev–Trinajstić information content (AvgIpc) is 2.87. The minimum absolute atomic E-state index is 0.0573. The van der Waals surface area contributed by atoms with Crippen LogP contribution in [0, 0.1) is 11.3 Å². The number of benzene rings is 3. The molecule has 1 amide bonds. The quantitative estimate of drug-likeness (QED) is 0.260. The van der Waals surface area contributed by atoms with Crippen molar-refractivity contribution in [2.75, 3.05) is 18.5 Å². The van der Waals surface area contributed by atoms with Gasteiger partial charge in [-0.15, -0.1) is 0 Å². The first-order valence-electron chi connectivity index (χ1n) is 11.3. The molecule has 3 rings (SSSR count). The number of nitrogens with zero attached hydrogens (tertiary/aromatic N) is 1. The van der Waals surface area contributed by atoms with Gasteiger partial charge in [0.2, 0.25) is 0 Å². The molecule has 0 aromatic heterocycles. The van der Waals surface area contributed by atoms with Gasteiger partial charge >= 0.3 is 0 Å². The number of hydrogen-bond donors (Lipinski definition) is 1. The molecule has 0 heterocycles. The molecule has 0 radical (unpaired) electrons. The van der Waals surface area contributed by atoms with E-state index < -0.39 is 5.91 Å². The van der Waals surface area contributed by atoms with E-state index in [2.05, 4.69) is 5.32 Å². The molecule has 34 heavy (non-hydrogen) atoms. The topological polar surface area (TPSA) is 80.6 Å². The fraction of sp³-hybridized carbons (Fsp3) is 0.214. The summed E-state index contributed by atoms with van der Waals surface area (Å²) in [5.41, 5.74) is 1.03. The van der Waals surface area contributed by atoms with Crippen molar-refractivity contribution in [3.63, 3.8) is 0 Å². The van der Waals surface area contributed by atoms with Gasteiger partial charge in [-0.1, -0.05) is 44.2 Å². The zero-order valence-corrected chi connectivity index (χ0v) is 19.4. The molecule has 1 N–H and O–H groups in total. The third-order valence-electron chi connectivity index (χ3n) is 4.69. The van der Waals surface area contributed by atoms with Crippen LogP contribution in [0.3, 0.4) is 0 Å². The predicted molar refractivity (Wildman–Crippen MR) is 133 cm³/mol. The molecule has 0 fully saturated rings. The molecule has 3 aromatic rings. The number of hydrogen-bond acceptors (Lipinski definition) is 5. The lowest BCUT2D eigenvalue weighted by Gasteiger charge is -2.13. The van der Waals surface area contributed by atoms with Crippen molar-refractivity contribution in [1.82, 2.24) is 0 Å². The second-order valence-corrected chi connectivity index (χ2v) is 7.43. The van der Waals surface area contributed by atoms with Crippen LogP contribution < -0.4 is 19.5 Å². The summed E-state index contributed by atoms with van der Waals surface area (Å²) in [5, 5.41) is 12.5. The number of carbonyl (C=O) groups excluding carboxylic acids is 1. The SMILES string of the molecule is CCCOc1ccc(/C=C(\C#N)C(=O)Nc2ccccc2Oc2ccccc2)c(OCCC)c1. The summed E-state index contributed by atoms with van der Waals surface area (Å²) in [4.78, 5) is 13.0. The maximum Gasteiger partial charge on any atom is 0.266 e. The summed E-state index contributed by atoms with van der Waals surface area (Å²) in [6.45, 7) is 5.15. The lowest BCUT2D eigenvalue weighted by Crippen LogP contribution is -2.14. The van der Waals surface area contributed by atoms with E-state index in [1.165, 1.54) is 6.08 Å². The van der Waals surface area contributed by atoms with Gasteiger partial charge in [0.25, 0.3) is 5.91 Å². The van der Waals surface area contributed by atoms with Gasteiger partial charge in [0.05, 0.1) is 18.9 Å². The molecular formula is C28H28N2O4. The molecule has 0 saturated heterocycles. The van der Waals surface area contributed by atoms with Gasteiger partial charge in [-0.3, -0.25) is 4.79 Å². The van der Waals surface area contributed by atoms with E-state index in [1.54, 1.807) is 36.4 Å². The van der Waals surface area contributed by atoms with Crippen LogP contribution in [0.1, 0.15) is 32.3 Å². The van der Waals surface area contributed by atoms with Crippen molar-refractivity contribution in [3.8, 4) is 29.1 Å². The number of nitrogens with one attached hydrogen (secondary N) is 1. The Hall–Kier alpha value is -4.24. The van der Waals surface area contributed by atoms with Gasteiger partial charge in [0, 0.05) is 11.6 Å². The molecule has 174 valence electrons. The monoisotopic (exact) mass is 456 g/mol. The largest absolute Gasteiger partial charge is 0.493 e. The Morgan fingerprint density at radius 3 is 2.32 bits per heavy atom. The first-order chi connectivity index (χ1) is 16.6. The second-order valence-electron chi connectivity index (χ2n) is 7.43. The van der Waals surface area contributed by atoms with Crippen LogP contribution in [0.4, 0.5) is 5.69 Å². The zero-order valence-electron chi connectivity index (χ0n) is 19.4. The summed E-state index contributed by atoms with van der Waals surface area (Å²) in [7, 11) is 0. The Bertz CT molecular complexity index is 1170. The van der Waals surface area contributed by atoms with Gasteiger partial charge in [0.1, 0.15) is 28.9 Å². The Morgan fingerprint density at radius 1 is 0.882 bits per heavy atom. The number of nitriles is 1. The fourth-order valence-corrected chi connectivity index (χ4v) is 3.05. The number of ether oxygens (including phenoxy) is 3. The summed E-state index contributed by atoms with van der Waals surface area (Å²) < 4.78 is 17.4. The van der Waals surface area contributed by atoms with Crippen LogP contribution >= 0.6 is 0 Å². The highest BCUT2D eigenvalue weighted by Crippen LogP contribution is 2.30. The molecule has 0 saturated carbocycles. The first kappa shape index (κ1) is 24.4. The maximum absolute atomic E-state index is 13.0. The predicted octanol–water partition coefficient (Wildman–Crippen LogP) is 6.60. The molecule has 0 aliphatic rings. The Kier molecular flexibility index (Phi) is 9.12. The molecule has 0 aliphatic heterocycles. The Morgan fingerprint density at radius 2 is 1.59 bits per heavy atom. The standard InChI is InChI=1S/C28H28N2O4/c1-3-16-32-24-15-14-21(27(19-24)33-17-4-2)18-22(20-29)28(31)30-25-12-8-9-13-26(25)34-23-10-6-5-7-11-23/h5-15,18-19H,3-4,16-17H2,1-2H3,(H,30,31)/b22-18+. The van der Waals surface area contributed by atoms with Crippen molar-refractivity contribution in [2.45, 2.75) is 26.7 Å². The van der Waals surface area contributed by atoms with Gasteiger partial charge in [-0.25, -0.2) is 0 Å². The third-order valence-corrected chi connectivity index (χ3v) is 4.69. The molecule has 3 aromatic carbocycles. The molecule has 6 nitrogen and oxygen atoms in total. The van der Waals surface area contributed by atoms with E-state index in [1.807, 2.05) is 56.3 Å². The lowest BCUT2D eigenvalue weighted by atomic mass is 10.1. The summed E-state index contributed by atoms with van der Waals surface area (Å²) in [6, 6.07) is 23.7. The molecule has 0 spiro atoms. The summed E-state index contributed by atoms with van der Waals surface area (Å²) >= 11 is 0. The summed E-state index contributed by atoms with van der Waals surface area (Å²) in [6.07, 6.45) is 3.23. The van der Waals surface area contributed by atoms with E-state index in [4.69, 9.17) is 14.2 Å². The smallest absolute Gasteiger partial charge is 0.266 e. The van der Waals surface area contributed by atoms with Gasteiger partial charge in [-0.2, -0.15) is 5.26 Å². The van der Waals surface area contributed by atoms with E-state index in [9.17, 15) is 10.1 Å². The number of anilines is 1. The third kappa shape index (κ3) is 6.88. The molecule has 0 bridgehead atoms. The number of para-hydroxylation sites is 3. The highest BCUT2D eigenvalue weighted by Gasteiger charge is 2.15. The van der Waals surface area contributed by atoms with Crippen molar-refractivity contribution in [2.24, 2.45) is 0 Å². The van der Waals surface area contributed by atoms with Crippen molar-refractivity contribution in [1.29, 1.82) is 5.26 Å². The highest BCUT2D eigenvalue weighted by molar-refractivity contribution is 6.10. The number of rotatable bonds is 11. The molecular weight excluding hydrogens is 428 g/mol. The van der Waals surface area contributed by atoms with Crippen molar-refractivity contribution >= 4 is 17.7 Å². The van der Waals surface area contributed by atoms with E-state index in [0.717, 1.165) is 12.8 Å². The summed E-state index contributed by atoms with van der Waals surface area (Å²) in [5.74, 6) is 1.82. The van der Waals surface area contributed by atoms with Crippen LogP contribution in [0.2, 0.25) is 0 Å². The molecule has 0 unspecified atom stereocenters. The van der Waals surface area contributed by atoms with Crippen LogP contribution in [0.25, 0.3) is 6.08 Å². The maximum atomic E-state index is 13.0. The van der Waals surface area contributed by atoms with E-state index >= 15 is 0 Å². The Balaban J connectivity index is 1.83. The highest BCUT2D eigenvalue weighted by atomic mass is 16.5. The van der Waals surface area contributed by atoms with E-state index in [-0.39, 0.29) is 5.57 Å². The first-order valence-corrected chi connectivity index (χ1v) is 11.3. The van der Waals surface area contributed by atoms with Crippen molar-refractivity contribution < 1.29 is 19.0 Å². The van der Waals surface area contributed by atoms with Crippen LogP contribution in [-0.4, -0.2) is 19.1 Å². The molecule has 0 atom stereocenters. The lowest BCUT2D eigenvalue weighted by molar-refractivity contribution is -0.112.